The zero-order valence-electron chi connectivity index (χ0n) is 10.6. The molecule has 1 aromatic heterocycles. The molecular weight excluding hydrogens is 224 g/mol. The van der Waals surface area contributed by atoms with Crippen molar-refractivity contribution in [3.63, 3.8) is 0 Å². The van der Waals surface area contributed by atoms with Gasteiger partial charge >= 0.3 is 0 Å². The van der Waals surface area contributed by atoms with Gasteiger partial charge in [-0.1, -0.05) is 18.2 Å². The van der Waals surface area contributed by atoms with E-state index in [1.54, 1.807) is 0 Å². The summed E-state index contributed by atoms with van der Waals surface area (Å²) in [5.41, 5.74) is 2.26. The summed E-state index contributed by atoms with van der Waals surface area (Å²) in [5.74, 6) is 0.622. The lowest BCUT2D eigenvalue weighted by atomic mass is 9.82. The molecule has 1 heterocycles. The Balaban J connectivity index is 1.84. The Labute approximate surface area is 107 Å². The minimum atomic E-state index is -0.0717. The molecule has 0 bridgehead atoms. The number of fused-ring (bicyclic) bond motifs is 1. The number of benzene rings is 1. The average Bonchev–Trinajstić information content (AvgIpc) is 2.36. The van der Waals surface area contributed by atoms with Gasteiger partial charge in [0.2, 0.25) is 0 Å². The van der Waals surface area contributed by atoms with Crippen molar-refractivity contribution in [2.24, 2.45) is 5.92 Å². The smallest absolute Gasteiger partial charge is 0.0722 e. The predicted octanol–water partition coefficient (Wildman–Crippen LogP) is 2.44. The maximum Gasteiger partial charge on any atom is 0.0722 e. The molecule has 0 unspecified atom stereocenters. The van der Waals surface area contributed by atoms with Crippen LogP contribution in [0.25, 0.3) is 10.9 Å². The summed E-state index contributed by atoms with van der Waals surface area (Å²) in [6.45, 7) is 1.01. The van der Waals surface area contributed by atoms with Gasteiger partial charge in [-0.25, -0.2) is 0 Å². The lowest BCUT2D eigenvalue weighted by Crippen LogP contribution is -2.37. The van der Waals surface area contributed by atoms with Crippen LogP contribution in [0.15, 0.2) is 36.5 Å². The van der Waals surface area contributed by atoms with E-state index in [0.29, 0.717) is 5.92 Å². The van der Waals surface area contributed by atoms with Crippen LogP contribution in [0.3, 0.4) is 0 Å². The van der Waals surface area contributed by atoms with Crippen molar-refractivity contribution in [1.82, 2.24) is 4.98 Å². The molecule has 94 valence electrons. The van der Waals surface area contributed by atoms with Crippen molar-refractivity contribution in [1.29, 1.82) is 0 Å². The van der Waals surface area contributed by atoms with E-state index in [4.69, 9.17) is 0 Å². The first-order valence-corrected chi connectivity index (χ1v) is 6.47. The van der Waals surface area contributed by atoms with Crippen LogP contribution < -0.4 is 4.90 Å². The van der Waals surface area contributed by atoms with E-state index in [1.165, 1.54) is 11.1 Å². The number of nitrogens with zero attached hydrogens (tertiary/aromatic N) is 2. The van der Waals surface area contributed by atoms with Crippen molar-refractivity contribution in [3.8, 4) is 0 Å². The maximum absolute atomic E-state index is 9.35. The fraction of sp³-hybridized carbons (Fsp3) is 0.400. The summed E-state index contributed by atoms with van der Waals surface area (Å²) >= 11 is 0. The molecular formula is C15H18N2O. The Kier molecular flexibility index (Phi) is 2.92. The Hall–Kier alpha value is -1.61. The zero-order chi connectivity index (χ0) is 12.5. The predicted molar refractivity (Wildman–Crippen MR) is 73.7 cm³/mol. The molecule has 0 radical (unpaired) electrons. The van der Waals surface area contributed by atoms with Crippen LogP contribution in [0.5, 0.6) is 0 Å². The van der Waals surface area contributed by atoms with E-state index in [1.807, 2.05) is 18.3 Å². The number of rotatable bonds is 3. The summed E-state index contributed by atoms with van der Waals surface area (Å²) in [6, 6.07) is 10.3. The Bertz CT molecular complexity index is 544. The number of aromatic nitrogens is 1. The van der Waals surface area contributed by atoms with Crippen LogP contribution in [-0.2, 0) is 0 Å². The van der Waals surface area contributed by atoms with Crippen LogP contribution in [0.1, 0.15) is 12.8 Å². The van der Waals surface area contributed by atoms with Gasteiger partial charge in [0.1, 0.15) is 0 Å². The number of hydrogen-bond donors (Lipinski definition) is 1. The monoisotopic (exact) mass is 242 g/mol. The standard InChI is InChI=1S/C15H18N2O/c1-17(10-11-8-12(18)9-11)15-6-7-16-14-5-3-2-4-13(14)15/h2-7,11-12,18H,8-10H2,1H3. The molecule has 0 spiro atoms. The molecule has 1 aromatic carbocycles. The molecule has 0 saturated heterocycles. The summed E-state index contributed by atoms with van der Waals surface area (Å²) in [5, 5.41) is 10.5. The van der Waals surface area contributed by atoms with Crippen LogP contribution in [-0.4, -0.2) is 29.8 Å². The third kappa shape index (κ3) is 2.06. The van der Waals surface area contributed by atoms with Crippen LogP contribution >= 0.6 is 0 Å². The molecule has 3 heteroatoms. The summed E-state index contributed by atoms with van der Waals surface area (Å²) in [4.78, 5) is 6.66. The maximum atomic E-state index is 9.35. The van der Waals surface area contributed by atoms with Gasteiger partial charge in [-0.05, 0) is 30.9 Å². The second-order valence-electron chi connectivity index (χ2n) is 5.22. The van der Waals surface area contributed by atoms with Crippen molar-refractivity contribution >= 4 is 16.6 Å². The average molecular weight is 242 g/mol. The van der Waals surface area contributed by atoms with Crippen LogP contribution in [0.4, 0.5) is 5.69 Å². The molecule has 1 aliphatic rings. The molecule has 1 aliphatic carbocycles. The topological polar surface area (TPSA) is 36.4 Å². The van der Waals surface area contributed by atoms with Crippen molar-refractivity contribution < 1.29 is 5.11 Å². The first-order valence-electron chi connectivity index (χ1n) is 6.47. The molecule has 0 atom stereocenters. The third-order valence-corrected chi connectivity index (χ3v) is 3.78. The molecule has 3 nitrogen and oxygen atoms in total. The second kappa shape index (κ2) is 4.58. The Morgan fingerprint density at radius 3 is 2.83 bits per heavy atom. The highest BCUT2D eigenvalue weighted by molar-refractivity contribution is 5.91. The van der Waals surface area contributed by atoms with Crippen molar-refractivity contribution in [2.45, 2.75) is 18.9 Å². The van der Waals surface area contributed by atoms with Crippen molar-refractivity contribution in [3.05, 3.63) is 36.5 Å². The van der Waals surface area contributed by atoms with Gasteiger partial charge in [-0.2, -0.15) is 0 Å². The summed E-state index contributed by atoms with van der Waals surface area (Å²) < 4.78 is 0. The molecule has 1 fully saturated rings. The van der Waals surface area contributed by atoms with E-state index in [9.17, 15) is 5.11 Å². The minimum absolute atomic E-state index is 0.0717. The molecule has 1 N–H and O–H groups in total. The van der Waals surface area contributed by atoms with Gasteiger partial charge in [0, 0.05) is 30.9 Å². The van der Waals surface area contributed by atoms with Crippen molar-refractivity contribution in [2.75, 3.05) is 18.5 Å². The number of aliphatic hydroxyl groups excluding tert-OH is 1. The summed E-state index contributed by atoms with van der Waals surface area (Å²) in [7, 11) is 2.12. The largest absolute Gasteiger partial charge is 0.393 e. The number of aliphatic hydroxyl groups is 1. The van der Waals surface area contributed by atoms with Gasteiger partial charge in [0.15, 0.2) is 0 Å². The first-order chi connectivity index (χ1) is 8.74. The lowest BCUT2D eigenvalue weighted by molar-refractivity contribution is 0.0465. The lowest BCUT2D eigenvalue weighted by Gasteiger charge is -2.35. The quantitative estimate of drug-likeness (QED) is 0.898. The van der Waals surface area contributed by atoms with Crippen LogP contribution in [0.2, 0.25) is 0 Å². The van der Waals surface area contributed by atoms with Gasteiger partial charge in [0.25, 0.3) is 0 Å². The summed E-state index contributed by atoms with van der Waals surface area (Å²) in [6.07, 6.45) is 3.67. The van der Waals surface area contributed by atoms with E-state index in [0.717, 1.165) is 24.9 Å². The second-order valence-corrected chi connectivity index (χ2v) is 5.22. The minimum Gasteiger partial charge on any atom is -0.393 e. The number of pyridine rings is 1. The fourth-order valence-corrected chi connectivity index (χ4v) is 2.75. The van der Waals surface area contributed by atoms with Gasteiger partial charge in [0.05, 0.1) is 11.6 Å². The highest BCUT2D eigenvalue weighted by Gasteiger charge is 2.28. The van der Waals surface area contributed by atoms with E-state index in [-0.39, 0.29) is 6.10 Å². The number of anilines is 1. The molecule has 18 heavy (non-hydrogen) atoms. The van der Waals surface area contributed by atoms with Gasteiger partial charge in [-0.15, -0.1) is 0 Å². The first kappa shape index (κ1) is 11.5. The molecule has 2 aromatic rings. The molecule has 1 saturated carbocycles. The Morgan fingerprint density at radius 2 is 2.06 bits per heavy atom. The third-order valence-electron chi connectivity index (χ3n) is 3.78. The zero-order valence-corrected chi connectivity index (χ0v) is 10.6. The number of para-hydroxylation sites is 1. The normalized spacial score (nSPS) is 22.8. The number of hydrogen-bond acceptors (Lipinski definition) is 3. The highest BCUT2D eigenvalue weighted by Crippen LogP contribution is 2.31. The van der Waals surface area contributed by atoms with Crippen LogP contribution in [0, 0.1) is 5.92 Å². The Morgan fingerprint density at radius 1 is 1.28 bits per heavy atom. The highest BCUT2D eigenvalue weighted by atomic mass is 16.3. The molecule has 0 amide bonds. The molecule has 0 aliphatic heterocycles. The molecule has 3 rings (SSSR count). The fourth-order valence-electron chi connectivity index (χ4n) is 2.75. The SMILES string of the molecule is CN(CC1CC(O)C1)c1ccnc2ccccc12. The van der Waals surface area contributed by atoms with Gasteiger partial charge < -0.3 is 10.0 Å². The van der Waals surface area contributed by atoms with E-state index in [2.05, 4.69) is 35.1 Å². The van der Waals surface area contributed by atoms with E-state index < -0.39 is 0 Å². The van der Waals surface area contributed by atoms with Gasteiger partial charge in [-0.3, -0.25) is 4.98 Å². The van der Waals surface area contributed by atoms with E-state index >= 15 is 0 Å².